The first-order valence-electron chi connectivity index (χ1n) is 6.30. The summed E-state index contributed by atoms with van der Waals surface area (Å²) < 4.78 is 31.0. The van der Waals surface area contributed by atoms with Gasteiger partial charge in [0.15, 0.2) is 9.84 Å². The molecule has 0 saturated heterocycles. The van der Waals surface area contributed by atoms with Crippen molar-refractivity contribution in [2.75, 3.05) is 7.11 Å². The number of hydrogen-bond acceptors (Lipinski definition) is 4. The summed E-state index contributed by atoms with van der Waals surface area (Å²) in [5, 5.41) is 0. The highest BCUT2D eigenvalue weighted by Gasteiger charge is 2.18. The van der Waals surface area contributed by atoms with E-state index < -0.39 is 9.84 Å². The fourth-order valence-corrected chi connectivity index (χ4v) is 3.97. The van der Waals surface area contributed by atoms with Crippen LogP contribution in [0.2, 0.25) is 0 Å². The molecule has 0 heterocycles. The summed E-state index contributed by atoms with van der Waals surface area (Å²) in [5.74, 6) is 0.422. The van der Waals surface area contributed by atoms with Crippen molar-refractivity contribution in [3.63, 3.8) is 0 Å². The zero-order valence-corrected chi connectivity index (χ0v) is 13.9. The van der Waals surface area contributed by atoms with Crippen LogP contribution in [0.5, 0.6) is 5.75 Å². The molecule has 0 atom stereocenters. The highest BCUT2D eigenvalue weighted by atomic mass is 79.9. The van der Waals surface area contributed by atoms with E-state index in [1.807, 2.05) is 6.07 Å². The number of hydrogen-bond donors (Lipinski definition) is 1. The first-order chi connectivity index (χ1) is 9.96. The number of ether oxygens (including phenoxy) is 1. The maximum Gasteiger partial charge on any atom is 0.182 e. The molecule has 21 heavy (non-hydrogen) atoms. The van der Waals surface area contributed by atoms with Gasteiger partial charge in [0, 0.05) is 16.6 Å². The molecule has 0 unspecified atom stereocenters. The van der Waals surface area contributed by atoms with Crippen LogP contribution in [-0.2, 0) is 22.1 Å². The average Bonchev–Trinajstić information content (AvgIpc) is 2.46. The normalized spacial score (nSPS) is 11.4. The molecule has 0 aliphatic carbocycles. The third kappa shape index (κ3) is 3.84. The molecule has 0 saturated carbocycles. The molecule has 4 nitrogen and oxygen atoms in total. The molecule has 0 aliphatic heterocycles. The first kappa shape index (κ1) is 16.0. The first-order valence-corrected chi connectivity index (χ1v) is 8.75. The average molecular weight is 370 g/mol. The van der Waals surface area contributed by atoms with Crippen LogP contribution in [0.4, 0.5) is 0 Å². The summed E-state index contributed by atoms with van der Waals surface area (Å²) in [4.78, 5) is 0.275. The SMILES string of the molecule is COc1ccc(CN)cc1CS(=O)(=O)c1cccc(Br)c1. The highest BCUT2D eigenvalue weighted by Crippen LogP contribution is 2.26. The maximum atomic E-state index is 12.5. The van der Waals surface area contributed by atoms with E-state index in [0.717, 1.165) is 10.0 Å². The van der Waals surface area contributed by atoms with Crippen molar-refractivity contribution in [2.45, 2.75) is 17.2 Å². The van der Waals surface area contributed by atoms with E-state index in [4.69, 9.17) is 10.5 Å². The molecule has 0 aliphatic rings. The number of methoxy groups -OCH3 is 1. The van der Waals surface area contributed by atoms with Gasteiger partial charge in [0.25, 0.3) is 0 Å². The van der Waals surface area contributed by atoms with Crippen LogP contribution in [0.3, 0.4) is 0 Å². The summed E-state index contributed by atoms with van der Waals surface area (Å²) in [6.45, 7) is 0.355. The van der Waals surface area contributed by atoms with Gasteiger partial charge in [-0.2, -0.15) is 0 Å². The second-order valence-electron chi connectivity index (χ2n) is 4.57. The fourth-order valence-electron chi connectivity index (χ4n) is 2.02. The van der Waals surface area contributed by atoms with E-state index >= 15 is 0 Å². The Bertz CT molecular complexity index is 744. The minimum atomic E-state index is -3.44. The summed E-state index contributed by atoms with van der Waals surface area (Å²) in [6.07, 6.45) is 0. The van der Waals surface area contributed by atoms with Gasteiger partial charge in [0.05, 0.1) is 17.8 Å². The largest absolute Gasteiger partial charge is 0.496 e. The van der Waals surface area contributed by atoms with E-state index in [-0.39, 0.29) is 10.6 Å². The van der Waals surface area contributed by atoms with Gasteiger partial charge < -0.3 is 10.5 Å². The molecule has 2 N–H and O–H groups in total. The van der Waals surface area contributed by atoms with Crippen LogP contribution in [-0.4, -0.2) is 15.5 Å². The van der Waals surface area contributed by atoms with Crippen molar-refractivity contribution in [2.24, 2.45) is 5.73 Å². The number of rotatable bonds is 5. The van der Waals surface area contributed by atoms with Crippen LogP contribution in [0.15, 0.2) is 51.8 Å². The highest BCUT2D eigenvalue weighted by molar-refractivity contribution is 9.10. The minimum absolute atomic E-state index is 0.125. The molecule has 2 aromatic rings. The van der Waals surface area contributed by atoms with Crippen LogP contribution >= 0.6 is 15.9 Å². The fraction of sp³-hybridized carbons (Fsp3) is 0.200. The summed E-state index contributed by atoms with van der Waals surface area (Å²) in [6, 6.07) is 12.0. The molecule has 0 bridgehead atoms. The van der Waals surface area contributed by atoms with Crippen molar-refractivity contribution < 1.29 is 13.2 Å². The van der Waals surface area contributed by atoms with Gasteiger partial charge in [-0.25, -0.2) is 8.42 Å². The van der Waals surface area contributed by atoms with Gasteiger partial charge in [-0.1, -0.05) is 28.1 Å². The predicted molar refractivity (Wildman–Crippen MR) is 85.9 cm³/mol. The molecule has 0 aromatic heterocycles. The second-order valence-corrected chi connectivity index (χ2v) is 7.47. The van der Waals surface area contributed by atoms with E-state index in [1.54, 1.807) is 36.4 Å². The molecule has 6 heteroatoms. The van der Waals surface area contributed by atoms with E-state index in [1.165, 1.54) is 7.11 Å². The monoisotopic (exact) mass is 369 g/mol. The third-order valence-corrected chi connectivity index (χ3v) is 5.24. The quantitative estimate of drug-likeness (QED) is 0.879. The molecule has 0 spiro atoms. The summed E-state index contributed by atoms with van der Waals surface area (Å²) >= 11 is 3.29. The Balaban J connectivity index is 2.40. The van der Waals surface area contributed by atoms with Crippen molar-refractivity contribution in [1.82, 2.24) is 0 Å². The van der Waals surface area contributed by atoms with E-state index in [0.29, 0.717) is 17.9 Å². The minimum Gasteiger partial charge on any atom is -0.496 e. The van der Waals surface area contributed by atoms with Crippen LogP contribution in [0.25, 0.3) is 0 Å². The lowest BCUT2D eigenvalue weighted by molar-refractivity contribution is 0.411. The third-order valence-electron chi connectivity index (χ3n) is 3.08. The maximum absolute atomic E-state index is 12.5. The van der Waals surface area contributed by atoms with Crippen LogP contribution < -0.4 is 10.5 Å². The lowest BCUT2D eigenvalue weighted by Crippen LogP contribution is -2.07. The Morgan fingerprint density at radius 3 is 2.57 bits per heavy atom. The van der Waals surface area contributed by atoms with Crippen molar-refractivity contribution in [1.29, 1.82) is 0 Å². The van der Waals surface area contributed by atoms with Gasteiger partial charge in [-0.15, -0.1) is 0 Å². The van der Waals surface area contributed by atoms with Crippen molar-refractivity contribution in [3.8, 4) is 5.75 Å². The molecule has 0 amide bonds. The Kier molecular flexibility index (Phi) is 5.03. The van der Waals surface area contributed by atoms with Gasteiger partial charge in [0.1, 0.15) is 5.75 Å². The van der Waals surface area contributed by atoms with E-state index in [2.05, 4.69) is 15.9 Å². The predicted octanol–water partition coefficient (Wildman–Crippen LogP) is 2.89. The van der Waals surface area contributed by atoms with Gasteiger partial charge in [-0.05, 0) is 35.9 Å². The Morgan fingerprint density at radius 2 is 1.95 bits per heavy atom. The molecule has 0 radical (unpaired) electrons. The van der Waals surface area contributed by atoms with Crippen molar-refractivity contribution >= 4 is 25.8 Å². The molecule has 2 aromatic carbocycles. The number of benzene rings is 2. The van der Waals surface area contributed by atoms with Crippen LogP contribution in [0.1, 0.15) is 11.1 Å². The second kappa shape index (κ2) is 6.60. The lowest BCUT2D eigenvalue weighted by Gasteiger charge is -2.11. The zero-order chi connectivity index (χ0) is 15.5. The molecular weight excluding hydrogens is 354 g/mol. The van der Waals surface area contributed by atoms with E-state index in [9.17, 15) is 8.42 Å². The lowest BCUT2D eigenvalue weighted by atomic mass is 10.1. The Hall–Kier alpha value is -1.37. The molecule has 2 rings (SSSR count). The Labute approximate surface area is 133 Å². The van der Waals surface area contributed by atoms with Crippen molar-refractivity contribution in [3.05, 3.63) is 58.1 Å². The molecule has 112 valence electrons. The summed E-state index contributed by atoms with van der Waals surface area (Å²) in [5.41, 5.74) is 7.09. The number of sulfone groups is 1. The number of halogens is 1. The molecular formula is C15H16BrNO3S. The zero-order valence-electron chi connectivity index (χ0n) is 11.5. The summed E-state index contributed by atoms with van der Waals surface area (Å²) in [7, 11) is -1.92. The smallest absolute Gasteiger partial charge is 0.182 e. The van der Waals surface area contributed by atoms with Crippen LogP contribution in [0, 0.1) is 0 Å². The van der Waals surface area contributed by atoms with Gasteiger partial charge in [0.2, 0.25) is 0 Å². The topological polar surface area (TPSA) is 69.4 Å². The van der Waals surface area contributed by atoms with Gasteiger partial charge in [-0.3, -0.25) is 0 Å². The van der Waals surface area contributed by atoms with Gasteiger partial charge >= 0.3 is 0 Å². The number of nitrogens with two attached hydrogens (primary N) is 1. The molecule has 0 fully saturated rings. The Morgan fingerprint density at radius 1 is 1.19 bits per heavy atom. The standard InChI is InChI=1S/C15H16BrNO3S/c1-20-15-6-5-11(9-17)7-12(15)10-21(18,19)14-4-2-3-13(16)8-14/h2-8H,9-10,17H2,1H3.